The molecule has 0 bridgehead atoms. The number of rotatable bonds is 6. The first-order chi connectivity index (χ1) is 16.8. The number of carbonyl (C=O) groups is 2. The van der Waals surface area contributed by atoms with E-state index >= 15 is 0 Å². The van der Waals surface area contributed by atoms with Crippen molar-refractivity contribution in [2.45, 2.75) is 43.4 Å². The molecule has 9 heteroatoms. The van der Waals surface area contributed by atoms with Gasteiger partial charge in [-0.3, -0.25) is 9.59 Å². The zero-order valence-corrected chi connectivity index (χ0v) is 21.3. The number of nitrogens with zero attached hydrogens (tertiary/aromatic N) is 3. The summed E-state index contributed by atoms with van der Waals surface area (Å²) in [6.07, 6.45) is 5.91. The van der Waals surface area contributed by atoms with Crippen LogP contribution in [0.15, 0.2) is 47.4 Å². The van der Waals surface area contributed by atoms with Crippen molar-refractivity contribution in [1.29, 1.82) is 0 Å². The Balaban J connectivity index is 1.66. The van der Waals surface area contributed by atoms with Crippen molar-refractivity contribution in [3.8, 4) is 0 Å². The Morgan fingerprint density at radius 3 is 2.14 bits per heavy atom. The lowest BCUT2D eigenvalue weighted by Gasteiger charge is -2.33. The van der Waals surface area contributed by atoms with E-state index in [-0.39, 0.29) is 16.4 Å². The molecule has 8 nitrogen and oxygen atoms in total. The summed E-state index contributed by atoms with van der Waals surface area (Å²) in [7, 11) is -0.400. The molecule has 4 rings (SSSR count). The number of benzene rings is 2. The van der Waals surface area contributed by atoms with Gasteiger partial charge < -0.3 is 15.1 Å². The Hall–Kier alpha value is -2.91. The lowest BCUT2D eigenvalue weighted by atomic mass is 10.1. The van der Waals surface area contributed by atoms with Gasteiger partial charge >= 0.3 is 0 Å². The zero-order chi connectivity index (χ0) is 25.0. The second-order valence-electron chi connectivity index (χ2n) is 9.43. The minimum atomic E-state index is -3.74. The van der Waals surface area contributed by atoms with Gasteiger partial charge in [-0.25, -0.2) is 8.42 Å². The molecule has 2 aliphatic rings. The van der Waals surface area contributed by atoms with E-state index in [9.17, 15) is 18.0 Å². The number of amides is 2. The molecule has 2 aromatic carbocycles. The van der Waals surface area contributed by atoms with Crippen LogP contribution in [0.4, 0.5) is 11.4 Å². The summed E-state index contributed by atoms with van der Waals surface area (Å²) in [5, 5.41) is 2.82. The van der Waals surface area contributed by atoms with Crippen molar-refractivity contribution in [2.24, 2.45) is 0 Å². The largest absolute Gasteiger partial charge is 0.370 e. The molecule has 0 saturated carbocycles. The molecule has 0 spiro atoms. The highest BCUT2D eigenvalue weighted by atomic mass is 32.2. The maximum atomic E-state index is 13.7. The van der Waals surface area contributed by atoms with Gasteiger partial charge in [0.1, 0.15) is 4.90 Å². The van der Waals surface area contributed by atoms with Crippen LogP contribution >= 0.6 is 0 Å². The normalized spacial score (nSPS) is 17.1. The molecule has 2 saturated heterocycles. The molecule has 2 heterocycles. The van der Waals surface area contributed by atoms with Crippen LogP contribution in [-0.4, -0.2) is 69.7 Å². The summed E-state index contributed by atoms with van der Waals surface area (Å²) in [4.78, 5) is 29.2. The molecule has 2 aromatic rings. The predicted octanol–water partition coefficient (Wildman–Crippen LogP) is 3.81. The fourth-order valence-electron chi connectivity index (χ4n) is 4.69. The molecule has 1 N–H and O–H groups in total. The summed E-state index contributed by atoms with van der Waals surface area (Å²) >= 11 is 0. The van der Waals surface area contributed by atoms with Crippen LogP contribution in [0.1, 0.15) is 59.2 Å². The van der Waals surface area contributed by atoms with Crippen molar-refractivity contribution in [3.63, 3.8) is 0 Å². The van der Waals surface area contributed by atoms with Crippen LogP contribution in [0.25, 0.3) is 0 Å². The van der Waals surface area contributed by atoms with Gasteiger partial charge in [0.2, 0.25) is 10.0 Å². The van der Waals surface area contributed by atoms with Crippen LogP contribution in [-0.2, 0) is 10.0 Å². The third-order valence-electron chi connectivity index (χ3n) is 6.63. The lowest BCUT2D eigenvalue weighted by Crippen LogP contribution is -2.37. The Morgan fingerprint density at radius 2 is 1.49 bits per heavy atom. The van der Waals surface area contributed by atoms with Crippen molar-refractivity contribution < 1.29 is 18.0 Å². The van der Waals surface area contributed by atoms with Crippen LogP contribution in [0, 0.1) is 0 Å². The van der Waals surface area contributed by atoms with E-state index in [0.717, 1.165) is 51.6 Å². The van der Waals surface area contributed by atoms with Crippen molar-refractivity contribution in [2.75, 3.05) is 50.5 Å². The quantitative estimate of drug-likeness (QED) is 0.654. The summed E-state index contributed by atoms with van der Waals surface area (Å²) in [5.41, 5.74) is 1.88. The first-order valence-electron chi connectivity index (χ1n) is 12.3. The Labute approximate surface area is 207 Å². The van der Waals surface area contributed by atoms with E-state index < -0.39 is 15.9 Å². The SMILES string of the molecule is CN(C)C(=O)c1cccc(NC(=O)c2ccc(N3CCCCC3)c(S(=O)(=O)N3CCCCC3)c2)c1. The molecule has 2 fully saturated rings. The van der Waals surface area contributed by atoms with Crippen molar-refractivity contribution >= 4 is 33.2 Å². The number of anilines is 2. The fraction of sp³-hybridized carbons (Fsp3) is 0.462. The highest BCUT2D eigenvalue weighted by Crippen LogP contribution is 2.32. The van der Waals surface area contributed by atoms with Crippen LogP contribution < -0.4 is 10.2 Å². The fourth-order valence-corrected chi connectivity index (χ4v) is 6.45. The Kier molecular flexibility index (Phi) is 7.76. The van der Waals surface area contributed by atoms with Gasteiger partial charge in [-0.2, -0.15) is 4.31 Å². The summed E-state index contributed by atoms with van der Waals surface area (Å²) < 4.78 is 28.9. The topological polar surface area (TPSA) is 90.0 Å². The Bertz CT molecular complexity index is 1180. The monoisotopic (exact) mass is 498 g/mol. The number of carbonyl (C=O) groups excluding carboxylic acids is 2. The molecule has 0 radical (unpaired) electrons. The summed E-state index contributed by atoms with van der Waals surface area (Å²) in [6, 6.07) is 11.7. The van der Waals surface area contributed by atoms with Gasteiger partial charge in [-0.05, 0) is 68.5 Å². The minimum absolute atomic E-state index is 0.165. The minimum Gasteiger partial charge on any atom is -0.370 e. The number of piperidine rings is 2. The maximum absolute atomic E-state index is 13.7. The third kappa shape index (κ3) is 5.67. The van der Waals surface area contributed by atoms with Gasteiger partial charge in [0, 0.05) is 57.1 Å². The van der Waals surface area contributed by atoms with E-state index in [4.69, 9.17) is 0 Å². The van der Waals surface area contributed by atoms with Crippen LogP contribution in [0.3, 0.4) is 0 Å². The molecule has 2 amide bonds. The molecule has 0 atom stereocenters. The Morgan fingerprint density at radius 1 is 0.829 bits per heavy atom. The van der Waals surface area contributed by atoms with E-state index in [2.05, 4.69) is 10.2 Å². The van der Waals surface area contributed by atoms with Gasteiger partial charge in [0.15, 0.2) is 0 Å². The molecule has 35 heavy (non-hydrogen) atoms. The first kappa shape index (κ1) is 25.2. The van der Waals surface area contributed by atoms with E-state index in [1.54, 1.807) is 54.8 Å². The van der Waals surface area contributed by atoms with Gasteiger partial charge in [0.05, 0.1) is 5.69 Å². The molecular weight excluding hydrogens is 464 g/mol. The molecule has 0 aromatic heterocycles. The average Bonchev–Trinajstić information content (AvgIpc) is 2.89. The maximum Gasteiger partial charge on any atom is 0.255 e. The molecule has 188 valence electrons. The number of hydrogen-bond acceptors (Lipinski definition) is 5. The predicted molar refractivity (Wildman–Crippen MR) is 138 cm³/mol. The highest BCUT2D eigenvalue weighted by molar-refractivity contribution is 7.89. The lowest BCUT2D eigenvalue weighted by molar-refractivity contribution is 0.0827. The third-order valence-corrected chi connectivity index (χ3v) is 8.55. The number of nitrogens with one attached hydrogen (secondary N) is 1. The van der Waals surface area contributed by atoms with E-state index in [1.165, 1.54) is 11.0 Å². The van der Waals surface area contributed by atoms with Gasteiger partial charge in [-0.15, -0.1) is 0 Å². The van der Waals surface area contributed by atoms with E-state index in [0.29, 0.717) is 30.0 Å². The van der Waals surface area contributed by atoms with Gasteiger partial charge in [0.25, 0.3) is 11.8 Å². The van der Waals surface area contributed by atoms with Crippen LogP contribution in [0.5, 0.6) is 0 Å². The summed E-state index contributed by atoms with van der Waals surface area (Å²) in [6.45, 7) is 2.62. The molecule has 0 unspecified atom stereocenters. The second-order valence-corrected chi connectivity index (χ2v) is 11.3. The van der Waals surface area contributed by atoms with Gasteiger partial charge in [-0.1, -0.05) is 12.5 Å². The van der Waals surface area contributed by atoms with Crippen molar-refractivity contribution in [1.82, 2.24) is 9.21 Å². The molecule has 0 aliphatic carbocycles. The highest BCUT2D eigenvalue weighted by Gasteiger charge is 2.31. The molecular formula is C26H34N4O4S. The standard InChI is InChI=1S/C26H34N4O4S/c1-28(2)26(32)21-10-9-11-22(18-21)27-25(31)20-12-13-23(29-14-5-3-6-15-29)24(19-20)35(33,34)30-16-7-4-8-17-30/h9-13,18-19H,3-8,14-17H2,1-2H3,(H,27,31). The number of sulfonamides is 1. The van der Waals surface area contributed by atoms with Crippen molar-refractivity contribution in [3.05, 3.63) is 53.6 Å². The molecule has 2 aliphatic heterocycles. The smallest absolute Gasteiger partial charge is 0.255 e. The first-order valence-corrected chi connectivity index (χ1v) is 13.7. The second kappa shape index (κ2) is 10.8. The average molecular weight is 499 g/mol. The van der Waals surface area contributed by atoms with Crippen LogP contribution in [0.2, 0.25) is 0 Å². The zero-order valence-electron chi connectivity index (χ0n) is 20.5. The number of hydrogen-bond donors (Lipinski definition) is 1. The van der Waals surface area contributed by atoms with E-state index in [1.807, 2.05) is 0 Å². The summed E-state index contributed by atoms with van der Waals surface area (Å²) in [5.74, 6) is -0.582.